The number of ether oxygens (including phenoxy) is 5. The van der Waals surface area contributed by atoms with Crippen molar-refractivity contribution in [1.29, 1.82) is 0 Å². The Bertz CT molecular complexity index is 567. The lowest BCUT2D eigenvalue weighted by atomic mass is 10.1. The molecule has 0 spiro atoms. The van der Waals surface area contributed by atoms with E-state index in [0.29, 0.717) is 5.56 Å². The quantitative estimate of drug-likeness (QED) is 0.791. The van der Waals surface area contributed by atoms with Crippen LogP contribution in [-0.4, -0.2) is 50.1 Å². The molecule has 2 aliphatic rings. The van der Waals surface area contributed by atoms with Crippen LogP contribution < -0.4 is 0 Å². The zero-order valence-electron chi connectivity index (χ0n) is 13.8. The summed E-state index contributed by atoms with van der Waals surface area (Å²) in [5.74, 6) is -1.08. The maximum Gasteiger partial charge on any atom is 0.338 e. The van der Waals surface area contributed by atoms with Gasteiger partial charge < -0.3 is 23.7 Å². The molecular formula is C17H22O6. The van der Waals surface area contributed by atoms with Crippen molar-refractivity contribution >= 4 is 5.97 Å². The van der Waals surface area contributed by atoms with Crippen LogP contribution in [0, 0.1) is 6.92 Å². The normalized spacial score (nSPS) is 31.8. The standard InChI is InChI=1S/C17H22O6/c1-10-5-7-11(8-6-10)15(18)20-9-12-13-14(16(19-4)21-12)23-17(2,3)22-13/h5-8,12-14,16H,9H2,1-4H3/t12-,13-,14-,16-/m1/s1. The first-order valence-corrected chi connectivity index (χ1v) is 7.67. The molecule has 1 aromatic carbocycles. The Balaban J connectivity index is 1.61. The molecule has 0 saturated carbocycles. The molecule has 2 saturated heterocycles. The first kappa shape index (κ1) is 16.4. The first-order valence-electron chi connectivity index (χ1n) is 7.67. The number of hydrogen-bond donors (Lipinski definition) is 0. The van der Waals surface area contributed by atoms with Crippen LogP contribution in [0.2, 0.25) is 0 Å². The number of rotatable bonds is 4. The van der Waals surface area contributed by atoms with E-state index in [9.17, 15) is 4.79 Å². The number of carbonyl (C=O) groups is 1. The third kappa shape index (κ3) is 3.40. The zero-order valence-corrected chi connectivity index (χ0v) is 13.8. The molecule has 0 unspecified atom stereocenters. The van der Waals surface area contributed by atoms with E-state index in [-0.39, 0.29) is 24.8 Å². The molecule has 6 heteroatoms. The minimum atomic E-state index is -0.699. The largest absolute Gasteiger partial charge is 0.459 e. The number of hydrogen-bond acceptors (Lipinski definition) is 6. The van der Waals surface area contributed by atoms with Crippen molar-refractivity contribution in [2.24, 2.45) is 0 Å². The predicted octanol–water partition coefficient (Wildman–Crippen LogP) is 2.04. The number of methoxy groups -OCH3 is 1. The van der Waals surface area contributed by atoms with E-state index in [1.54, 1.807) is 19.2 Å². The Labute approximate surface area is 135 Å². The van der Waals surface area contributed by atoms with Crippen LogP contribution in [-0.2, 0) is 23.7 Å². The minimum absolute atomic E-state index is 0.0905. The molecule has 2 heterocycles. The molecular weight excluding hydrogens is 300 g/mol. The molecule has 6 nitrogen and oxygen atoms in total. The second kappa shape index (κ2) is 6.20. The van der Waals surface area contributed by atoms with Crippen molar-refractivity contribution in [1.82, 2.24) is 0 Å². The molecule has 1 aromatic rings. The van der Waals surface area contributed by atoms with Gasteiger partial charge in [0.1, 0.15) is 24.9 Å². The van der Waals surface area contributed by atoms with Gasteiger partial charge in [-0.2, -0.15) is 0 Å². The second-order valence-electron chi connectivity index (χ2n) is 6.31. The van der Waals surface area contributed by atoms with Crippen LogP contribution in [0.1, 0.15) is 29.8 Å². The van der Waals surface area contributed by atoms with Gasteiger partial charge in [-0.1, -0.05) is 17.7 Å². The molecule has 2 aliphatic heterocycles. The van der Waals surface area contributed by atoms with Crippen molar-refractivity contribution in [2.45, 2.75) is 51.2 Å². The average molecular weight is 322 g/mol. The summed E-state index contributed by atoms with van der Waals surface area (Å²) in [4.78, 5) is 12.1. The highest BCUT2D eigenvalue weighted by Gasteiger charge is 2.55. The molecule has 4 atom stereocenters. The van der Waals surface area contributed by atoms with Gasteiger partial charge in [0, 0.05) is 7.11 Å². The van der Waals surface area contributed by atoms with Crippen LogP contribution in [0.5, 0.6) is 0 Å². The Morgan fingerprint density at radius 3 is 2.48 bits per heavy atom. The smallest absolute Gasteiger partial charge is 0.338 e. The van der Waals surface area contributed by atoms with Crippen molar-refractivity contribution in [2.75, 3.05) is 13.7 Å². The molecule has 0 radical (unpaired) electrons. The summed E-state index contributed by atoms with van der Waals surface area (Å²) in [6, 6.07) is 7.23. The maximum absolute atomic E-state index is 12.1. The number of esters is 1. The molecule has 0 N–H and O–H groups in total. The van der Waals surface area contributed by atoms with Gasteiger partial charge in [-0.25, -0.2) is 4.79 Å². The van der Waals surface area contributed by atoms with E-state index in [4.69, 9.17) is 23.7 Å². The van der Waals surface area contributed by atoms with Gasteiger partial charge in [-0.15, -0.1) is 0 Å². The highest BCUT2D eigenvalue weighted by atomic mass is 16.8. The Morgan fingerprint density at radius 2 is 1.83 bits per heavy atom. The lowest BCUT2D eigenvalue weighted by molar-refractivity contribution is -0.230. The fraction of sp³-hybridized carbons (Fsp3) is 0.588. The molecule has 0 bridgehead atoms. The van der Waals surface area contributed by atoms with Gasteiger partial charge in [-0.05, 0) is 32.9 Å². The number of fused-ring (bicyclic) bond motifs is 1. The highest BCUT2D eigenvalue weighted by Crippen LogP contribution is 2.38. The molecule has 2 fully saturated rings. The number of carbonyl (C=O) groups excluding carboxylic acids is 1. The summed E-state index contributed by atoms with van der Waals surface area (Å²) in [6.45, 7) is 5.74. The third-order valence-electron chi connectivity index (χ3n) is 4.01. The van der Waals surface area contributed by atoms with Gasteiger partial charge >= 0.3 is 5.97 Å². The summed E-state index contributed by atoms with van der Waals surface area (Å²) < 4.78 is 28.0. The molecule has 0 aromatic heterocycles. The molecule has 126 valence electrons. The first-order chi connectivity index (χ1) is 10.9. The second-order valence-corrected chi connectivity index (χ2v) is 6.31. The van der Waals surface area contributed by atoms with Crippen molar-refractivity contribution in [3.8, 4) is 0 Å². The Morgan fingerprint density at radius 1 is 1.17 bits per heavy atom. The lowest BCUT2D eigenvalue weighted by Crippen LogP contribution is -2.33. The number of benzene rings is 1. The van der Waals surface area contributed by atoms with Crippen molar-refractivity contribution < 1.29 is 28.5 Å². The SMILES string of the molecule is CO[C@@H]1O[C@H](COC(=O)c2ccc(C)cc2)[C@H]2OC(C)(C)O[C@@H]12. The van der Waals surface area contributed by atoms with E-state index < -0.39 is 18.2 Å². The maximum atomic E-state index is 12.1. The predicted molar refractivity (Wildman–Crippen MR) is 81.0 cm³/mol. The number of aryl methyl sites for hydroxylation is 1. The van der Waals surface area contributed by atoms with E-state index in [1.807, 2.05) is 32.9 Å². The van der Waals surface area contributed by atoms with E-state index >= 15 is 0 Å². The lowest BCUT2D eigenvalue weighted by Gasteiger charge is -2.23. The summed E-state index contributed by atoms with van der Waals surface area (Å²) in [7, 11) is 1.55. The topological polar surface area (TPSA) is 63.2 Å². The Hall–Kier alpha value is -1.47. The minimum Gasteiger partial charge on any atom is -0.459 e. The third-order valence-corrected chi connectivity index (χ3v) is 4.01. The van der Waals surface area contributed by atoms with Crippen LogP contribution in [0.4, 0.5) is 0 Å². The van der Waals surface area contributed by atoms with Gasteiger partial charge in [-0.3, -0.25) is 0 Å². The van der Waals surface area contributed by atoms with E-state index in [0.717, 1.165) is 5.56 Å². The summed E-state index contributed by atoms with van der Waals surface area (Å²) in [6.07, 6.45) is -1.58. The molecule has 0 aliphatic carbocycles. The van der Waals surface area contributed by atoms with Crippen LogP contribution in [0.15, 0.2) is 24.3 Å². The molecule has 0 amide bonds. The van der Waals surface area contributed by atoms with Crippen molar-refractivity contribution in [3.05, 3.63) is 35.4 Å². The fourth-order valence-corrected chi connectivity index (χ4v) is 2.90. The summed E-state index contributed by atoms with van der Waals surface area (Å²) in [5, 5.41) is 0. The van der Waals surface area contributed by atoms with Crippen LogP contribution in [0.25, 0.3) is 0 Å². The van der Waals surface area contributed by atoms with Crippen LogP contribution >= 0.6 is 0 Å². The van der Waals surface area contributed by atoms with Gasteiger partial charge in [0.15, 0.2) is 12.1 Å². The van der Waals surface area contributed by atoms with E-state index in [2.05, 4.69) is 0 Å². The average Bonchev–Trinajstić information content (AvgIpc) is 2.98. The van der Waals surface area contributed by atoms with Gasteiger partial charge in [0.05, 0.1) is 5.56 Å². The summed E-state index contributed by atoms with van der Waals surface area (Å²) in [5.41, 5.74) is 1.60. The molecule has 23 heavy (non-hydrogen) atoms. The Kier molecular flexibility index (Phi) is 4.42. The monoisotopic (exact) mass is 322 g/mol. The van der Waals surface area contributed by atoms with Gasteiger partial charge in [0.25, 0.3) is 0 Å². The van der Waals surface area contributed by atoms with Crippen LogP contribution in [0.3, 0.4) is 0 Å². The highest BCUT2D eigenvalue weighted by molar-refractivity contribution is 5.89. The summed E-state index contributed by atoms with van der Waals surface area (Å²) >= 11 is 0. The van der Waals surface area contributed by atoms with Crippen molar-refractivity contribution in [3.63, 3.8) is 0 Å². The van der Waals surface area contributed by atoms with E-state index in [1.165, 1.54) is 0 Å². The fourth-order valence-electron chi connectivity index (χ4n) is 2.90. The molecule has 3 rings (SSSR count). The zero-order chi connectivity index (χ0) is 16.6. The van der Waals surface area contributed by atoms with Gasteiger partial charge in [0.2, 0.25) is 0 Å².